The molecule has 1 fully saturated rings. The molecule has 0 radical (unpaired) electrons. The van der Waals surface area contributed by atoms with Crippen molar-refractivity contribution >= 4 is 17.7 Å². The van der Waals surface area contributed by atoms with Gasteiger partial charge in [0.15, 0.2) is 0 Å². The van der Waals surface area contributed by atoms with Crippen LogP contribution in [0.4, 0.5) is 10.5 Å². The SMILES string of the molecule is COc1cccc(N2CC(CNC(=O)C(C)C)OC2=O)c1. The largest absolute Gasteiger partial charge is 0.497 e. The molecule has 1 aliphatic heterocycles. The fraction of sp³-hybridized carbons (Fsp3) is 0.467. The third-order valence-corrected chi connectivity index (χ3v) is 3.27. The van der Waals surface area contributed by atoms with Crippen molar-refractivity contribution in [3.8, 4) is 5.75 Å². The summed E-state index contributed by atoms with van der Waals surface area (Å²) < 4.78 is 10.4. The number of anilines is 1. The zero-order valence-corrected chi connectivity index (χ0v) is 12.5. The van der Waals surface area contributed by atoms with Gasteiger partial charge in [-0.3, -0.25) is 9.69 Å². The summed E-state index contributed by atoms with van der Waals surface area (Å²) in [4.78, 5) is 25.0. The molecule has 1 unspecified atom stereocenters. The van der Waals surface area contributed by atoms with Gasteiger partial charge in [-0.15, -0.1) is 0 Å². The van der Waals surface area contributed by atoms with Crippen LogP contribution in [0.1, 0.15) is 13.8 Å². The molecule has 0 bridgehead atoms. The minimum Gasteiger partial charge on any atom is -0.497 e. The molecule has 1 atom stereocenters. The van der Waals surface area contributed by atoms with Crippen LogP contribution in [0.5, 0.6) is 5.75 Å². The standard InChI is InChI=1S/C15H20N2O4/c1-10(2)14(18)16-8-13-9-17(15(19)21-13)11-5-4-6-12(7-11)20-3/h4-7,10,13H,8-9H2,1-3H3,(H,16,18). The topological polar surface area (TPSA) is 67.9 Å². The van der Waals surface area contributed by atoms with Gasteiger partial charge in [-0.2, -0.15) is 0 Å². The number of ether oxygens (including phenoxy) is 2. The lowest BCUT2D eigenvalue weighted by molar-refractivity contribution is -0.124. The van der Waals surface area contributed by atoms with Gasteiger partial charge in [0.2, 0.25) is 5.91 Å². The van der Waals surface area contributed by atoms with Crippen molar-refractivity contribution < 1.29 is 19.1 Å². The first-order valence-electron chi connectivity index (χ1n) is 6.91. The molecular weight excluding hydrogens is 272 g/mol. The van der Waals surface area contributed by atoms with Gasteiger partial charge in [-0.1, -0.05) is 19.9 Å². The second-order valence-electron chi connectivity index (χ2n) is 5.22. The van der Waals surface area contributed by atoms with Crippen LogP contribution in [-0.2, 0) is 9.53 Å². The summed E-state index contributed by atoms with van der Waals surface area (Å²) in [5.41, 5.74) is 0.719. The minimum atomic E-state index is -0.410. The molecule has 6 heteroatoms. The Labute approximate surface area is 124 Å². The summed E-state index contributed by atoms with van der Waals surface area (Å²) in [6, 6.07) is 7.22. The molecule has 1 aromatic carbocycles. The monoisotopic (exact) mass is 292 g/mol. The maximum Gasteiger partial charge on any atom is 0.414 e. The van der Waals surface area contributed by atoms with Crippen LogP contribution in [0.25, 0.3) is 0 Å². The van der Waals surface area contributed by atoms with Gasteiger partial charge in [0, 0.05) is 12.0 Å². The number of hydrogen-bond donors (Lipinski definition) is 1. The normalized spacial score (nSPS) is 17.8. The molecule has 0 spiro atoms. The van der Waals surface area contributed by atoms with E-state index in [0.717, 1.165) is 5.69 Å². The number of benzene rings is 1. The molecule has 2 amide bonds. The van der Waals surface area contributed by atoms with Crippen LogP contribution in [0.2, 0.25) is 0 Å². The molecule has 1 N–H and O–H groups in total. The van der Waals surface area contributed by atoms with E-state index in [1.807, 2.05) is 32.0 Å². The summed E-state index contributed by atoms with van der Waals surface area (Å²) in [5, 5.41) is 2.77. The molecule has 0 aromatic heterocycles. The molecule has 0 aliphatic carbocycles. The fourth-order valence-electron chi connectivity index (χ4n) is 2.04. The van der Waals surface area contributed by atoms with Crippen molar-refractivity contribution in [2.75, 3.05) is 25.1 Å². The van der Waals surface area contributed by atoms with E-state index in [-0.39, 0.29) is 17.9 Å². The highest BCUT2D eigenvalue weighted by atomic mass is 16.6. The van der Waals surface area contributed by atoms with Crippen molar-refractivity contribution in [1.29, 1.82) is 0 Å². The van der Waals surface area contributed by atoms with E-state index in [4.69, 9.17) is 9.47 Å². The maximum atomic E-state index is 11.9. The van der Waals surface area contributed by atoms with Gasteiger partial charge in [-0.05, 0) is 12.1 Å². The third-order valence-electron chi connectivity index (χ3n) is 3.27. The second-order valence-corrected chi connectivity index (χ2v) is 5.22. The smallest absolute Gasteiger partial charge is 0.414 e. The number of rotatable bonds is 5. The van der Waals surface area contributed by atoms with Crippen molar-refractivity contribution in [3.05, 3.63) is 24.3 Å². The highest BCUT2D eigenvalue weighted by Crippen LogP contribution is 2.25. The Morgan fingerprint density at radius 1 is 1.52 bits per heavy atom. The number of nitrogens with one attached hydrogen (secondary N) is 1. The Bertz CT molecular complexity index is 530. The lowest BCUT2D eigenvalue weighted by Crippen LogP contribution is -2.36. The summed E-state index contributed by atoms with van der Waals surface area (Å²) in [6.07, 6.45) is -0.751. The Morgan fingerprint density at radius 2 is 2.29 bits per heavy atom. The first-order valence-corrected chi connectivity index (χ1v) is 6.91. The van der Waals surface area contributed by atoms with E-state index in [1.54, 1.807) is 13.2 Å². The summed E-state index contributed by atoms with van der Waals surface area (Å²) >= 11 is 0. The molecule has 21 heavy (non-hydrogen) atoms. The molecule has 2 rings (SSSR count). The number of methoxy groups -OCH3 is 1. The van der Waals surface area contributed by atoms with Crippen molar-refractivity contribution in [2.24, 2.45) is 5.92 Å². The van der Waals surface area contributed by atoms with Crippen LogP contribution >= 0.6 is 0 Å². The Kier molecular flexibility index (Phi) is 4.67. The van der Waals surface area contributed by atoms with Crippen molar-refractivity contribution in [1.82, 2.24) is 5.32 Å². The van der Waals surface area contributed by atoms with Crippen LogP contribution in [0, 0.1) is 5.92 Å². The summed E-state index contributed by atoms with van der Waals surface area (Å²) in [5.74, 6) is 0.541. The molecule has 1 aliphatic rings. The quantitative estimate of drug-likeness (QED) is 0.898. The number of carbonyl (C=O) groups is 2. The Balaban J connectivity index is 1.97. The van der Waals surface area contributed by atoms with Gasteiger partial charge in [-0.25, -0.2) is 4.79 Å². The third kappa shape index (κ3) is 3.65. The molecule has 1 aromatic rings. The number of cyclic esters (lactones) is 1. The minimum absolute atomic E-state index is 0.0501. The predicted molar refractivity (Wildman–Crippen MR) is 78.5 cm³/mol. The number of amides is 2. The maximum absolute atomic E-state index is 11.9. The van der Waals surface area contributed by atoms with Gasteiger partial charge in [0.1, 0.15) is 11.9 Å². The van der Waals surface area contributed by atoms with Crippen LogP contribution in [0.15, 0.2) is 24.3 Å². The van der Waals surface area contributed by atoms with E-state index >= 15 is 0 Å². The molecule has 1 heterocycles. The van der Waals surface area contributed by atoms with Crippen LogP contribution < -0.4 is 15.0 Å². The lowest BCUT2D eigenvalue weighted by atomic mass is 10.2. The van der Waals surface area contributed by atoms with Crippen molar-refractivity contribution in [2.45, 2.75) is 20.0 Å². The second kappa shape index (κ2) is 6.47. The first kappa shape index (κ1) is 15.2. The summed E-state index contributed by atoms with van der Waals surface area (Å²) in [7, 11) is 1.58. The van der Waals surface area contributed by atoms with E-state index in [1.165, 1.54) is 4.90 Å². The molecule has 0 saturated carbocycles. The average molecular weight is 292 g/mol. The zero-order chi connectivity index (χ0) is 15.4. The Hall–Kier alpha value is -2.24. The lowest BCUT2D eigenvalue weighted by Gasteiger charge is -2.14. The average Bonchev–Trinajstić information content (AvgIpc) is 2.85. The number of nitrogens with zero attached hydrogens (tertiary/aromatic N) is 1. The van der Waals surface area contributed by atoms with E-state index in [9.17, 15) is 9.59 Å². The molecule has 6 nitrogen and oxygen atoms in total. The fourth-order valence-corrected chi connectivity index (χ4v) is 2.04. The van der Waals surface area contributed by atoms with Crippen LogP contribution in [-0.4, -0.2) is 38.3 Å². The molecular formula is C15H20N2O4. The highest BCUT2D eigenvalue weighted by molar-refractivity contribution is 5.90. The number of hydrogen-bond acceptors (Lipinski definition) is 4. The van der Waals surface area contributed by atoms with E-state index in [0.29, 0.717) is 18.8 Å². The number of carbonyl (C=O) groups excluding carboxylic acids is 2. The Morgan fingerprint density at radius 3 is 2.95 bits per heavy atom. The predicted octanol–water partition coefficient (Wildman–Crippen LogP) is 1.79. The first-order chi connectivity index (χ1) is 10.0. The van der Waals surface area contributed by atoms with Gasteiger partial charge < -0.3 is 14.8 Å². The van der Waals surface area contributed by atoms with Gasteiger partial charge in [0.05, 0.1) is 25.9 Å². The molecule has 1 saturated heterocycles. The molecule has 114 valence electrons. The van der Waals surface area contributed by atoms with E-state index in [2.05, 4.69) is 5.32 Å². The highest BCUT2D eigenvalue weighted by Gasteiger charge is 2.32. The summed E-state index contributed by atoms with van der Waals surface area (Å²) in [6.45, 7) is 4.37. The van der Waals surface area contributed by atoms with E-state index < -0.39 is 6.09 Å². The van der Waals surface area contributed by atoms with Gasteiger partial charge in [0.25, 0.3) is 0 Å². The zero-order valence-electron chi connectivity index (χ0n) is 12.5. The van der Waals surface area contributed by atoms with Crippen molar-refractivity contribution in [3.63, 3.8) is 0 Å². The van der Waals surface area contributed by atoms with Gasteiger partial charge >= 0.3 is 6.09 Å². The van der Waals surface area contributed by atoms with Crippen LogP contribution in [0.3, 0.4) is 0 Å².